The minimum atomic E-state index is 0.418. The number of aromatic nitrogens is 1. The zero-order chi connectivity index (χ0) is 15.5. The van der Waals surface area contributed by atoms with Crippen LogP contribution in [0.4, 0.5) is 5.82 Å². The summed E-state index contributed by atoms with van der Waals surface area (Å²) in [5.74, 6) is 0.992. The molecule has 3 rings (SSSR count). The SMILES string of the molecule is CCc1ccc2nc(N3CCN(C)CC3)c(CC#N)cc2c1. The summed E-state index contributed by atoms with van der Waals surface area (Å²) in [5, 5.41) is 10.3. The molecule has 0 atom stereocenters. The van der Waals surface area contributed by atoms with Crippen LogP contribution in [0.3, 0.4) is 0 Å². The molecule has 0 bridgehead atoms. The van der Waals surface area contributed by atoms with E-state index in [4.69, 9.17) is 10.2 Å². The van der Waals surface area contributed by atoms with Gasteiger partial charge in [-0.15, -0.1) is 0 Å². The molecular formula is C18H22N4. The fourth-order valence-corrected chi connectivity index (χ4v) is 2.99. The van der Waals surface area contributed by atoms with Crippen molar-refractivity contribution in [3.63, 3.8) is 0 Å². The van der Waals surface area contributed by atoms with Crippen molar-refractivity contribution in [3.05, 3.63) is 35.4 Å². The molecular weight excluding hydrogens is 272 g/mol. The molecule has 0 aliphatic carbocycles. The van der Waals surface area contributed by atoms with Crippen LogP contribution in [-0.2, 0) is 12.8 Å². The van der Waals surface area contributed by atoms with Gasteiger partial charge in [-0.1, -0.05) is 13.0 Å². The van der Waals surface area contributed by atoms with Crippen LogP contribution in [0.25, 0.3) is 10.9 Å². The lowest BCUT2D eigenvalue weighted by atomic mass is 10.1. The number of nitriles is 1. The van der Waals surface area contributed by atoms with Gasteiger partial charge in [0.15, 0.2) is 0 Å². The molecule has 0 spiro atoms. The highest BCUT2D eigenvalue weighted by molar-refractivity contribution is 5.82. The van der Waals surface area contributed by atoms with E-state index in [1.165, 1.54) is 5.56 Å². The van der Waals surface area contributed by atoms with E-state index in [9.17, 15) is 0 Å². The highest BCUT2D eigenvalue weighted by atomic mass is 15.3. The lowest BCUT2D eigenvalue weighted by molar-refractivity contribution is 0.312. The minimum absolute atomic E-state index is 0.418. The molecule has 1 aliphatic rings. The van der Waals surface area contributed by atoms with E-state index in [-0.39, 0.29) is 0 Å². The van der Waals surface area contributed by atoms with Gasteiger partial charge < -0.3 is 9.80 Å². The Morgan fingerprint density at radius 1 is 1.18 bits per heavy atom. The number of rotatable bonds is 3. The van der Waals surface area contributed by atoms with E-state index in [2.05, 4.69) is 54.1 Å². The molecule has 22 heavy (non-hydrogen) atoms. The van der Waals surface area contributed by atoms with Gasteiger partial charge in [0.1, 0.15) is 5.82 Å². The number of hydrogen-bond acceptors (Lipinski definition) is 4. The Hall–Kier alpha value is -2.12. The summed E-state index contributed by atoms with van der Waals surface area (Å²) in [6.45, 7) is 6.19. The first kappa shape index (κ1) is 14.8. The van der Waals surface area contributed by atoms with Gasteiger partial charge in [0.05, 0.1) is 18.0 Å². The maximum Gasteiger partial charge on any atom is 0.133 e. The molecule has 114 valence electrons. The Morgan fingerprint density at radius 2 is 1.95 bits per heavy atom. The van der Waals surface area contributed by atoms with Gasteiger partial charge in [0.2, 0.25) is 0 Å². The third kappa shape index (κ3) is 2.90. The fourth-order valence-electron chi connectivity index (χ4n) is 2.99. The zero-order valence-electron chi connectivity index (χ0n) is 13.3. The Labute approximate surface area is 132 Å². The number of benzene rings is 1. The van der Waals surface area contributed by atoms with Crippen LogP contribution in [0, 0.1) is 11.3 Å². The molecule has 4 nitrogen and oxygen atoms in total. The van der Waals surface area contributed by atoms with Crippen LogP contribution in [0.1, 0.15) is 18.1 Å². The van der Waals surface area contributed by atoms with Crippen molar-refractivity contribution in [1.29, 1.82) is 5.26 Å². The number of pyridine rings is 1. The summed E-state index contributed by atoms with van der Waals surface area (Å²) in [7, 11) is 2.15. The maximum absolute atomic E-state index is 9.15. The quantitative estimate of drug-likeness (QED) is 0.873. The highest BCUT2D eigenvalue weighted by Gasteiger charge is 2.19. The third-order valence-corrected chi connectivity index (χ3v) is 4.42. The lowest BCUT2D eigenvalue weighted by Crippen LogP contribution is -2.45. The van der Waals surface area contributed by atoms with Crippen LogP contribution < -0.4 is 4.90 Å². The lowest BCUT2D eigenvalue weighted by Gasteiger charge is -2.34. The summed E-state index contributed by atoms with van der Waals surface area (Å²) in [6, 6.07) is 10.9. The highest BCUT2D eigenvalue weighted by Crippen LogP contribution is 2.26. The van der Waals surface area contributed by atoms with Gasteiger partial charge in [-0.05, 0) is 37.2 Å². The second-order valence-electron chi connectivity index (χ2n) is 5.98. The second-order valence-corrected chi connectivity index (χ2v) is 5.98. The summed E-state index contributed by atoms with van der Waals surface area (Å²) in [4.78, 5) is 9.52. The standard InChI is InChI=1S/C18H22N4/c1-3-14-4-5-17-16(12-14)13-15(6-7-19)18(20-17)22-10-8-21(2)9-11-22/h4-5,12-13H,3,6,8-11H2,1-2H3. The number of nitrogens with zero attached hydrogens (tertiary/aromatic N) is 4. The Bertz CT molecular complexity index is 709. The van der Waals surface area contributed by atoms with Crippen LogP contribution in [-0.4, -0.2) is 43.1 Å². The van der Waals surface area contributed by atoms with Crippen molar-refractivity contribution in [3.8, 4) is 6.07 Å². The topological polar surface area (TPSA) is 43.2 Å². The monoisotopic (exact) mass is 294 g/mol. The largest absolute Gasteiger partial charge is 0.354 e. The summed E-state index contributed by atoms with van der Waals surface area (Å²) >= 11 is 0. The summed E-state index contributed by atoms with van der Waals surface area (Å²) in [6.07, 6.45) is 1.44. The molecule has 2 aromatic rings. The Kier molecular flexibility index (Phi) is 4.26. The van der Waals surface area contributed by atoms with Gasteiger partial charge in [-0.25, -0.2) is 4.98 Å². The minimum Gasteiger partial charge on any atom is -0.354 e. The van der Waals surface area contributed by atoms with Gasteiger partial charge in [-0.2, -0.15) is 5.26 Å². The second kappa shape index (κ2) is 6.33. The average Bonchev–Trinajstić information content (AvgIpc) is 2.55. The van der Waals surface area contributed by atoms with Crippen molar-refractivity contribution >= 4 is 16.7 Å². The van der Waals surface area contributed by atoms with Crippen molar-refractivity contribution < 1.29 is 0 Å². The average molecular weight is 294 g/mol. The van der Waals surface area contributed by atoms with Crippen molar-refractivity contribution in [1.82, 2.24) is 9.88 Å². The number of likely N-dealkylation sites (N-methyl/N-ethyl adjacent to an activating group) is 1. The van der Waals surface area contributed by atoms with Crippen LogP contribution >= 0.6 is 0 Å². The van der Waals surface area contributed by atoms with Crippen molar-refractivity contribution in [2.45, 2.75) is 19.8 Å². The molecule has 2 heterocycles. The van der Waals surface area contributed by atoms with Crippen LogP contribution in [0.2, 0.25) is 0 Å². The summed E-state index contributed by atoms with van der Waals surface area (Å²) < 4.78 is 0. The third-order valence-electron chi connectivity index (χ3n) is 4.42. The van der Waals surface area contributed by atoms with E-state index in [0.29, 0.717) is 6.42 Å². The van der Waals surface area contributed by atoms with E-state index in [1.807, 2.05) is 0 Å². The molecule has 1 aliphatic heterocycles. The number of anilines is 1. The van der Waals surface area contributed by atoms with E-state index < -0.39 is 0 Å². The number of aryl methyl sites for hydroxylation is 1. The Balaban J connectivity index is 2.04. The van der Waals surface area contributed by atoms with Crippen molar-refractivity contribution in [2.24, 2.45) is 0 Å². The number of piperazine rings is 1. The molecule has 1 saturated heterocycles. The molecule has 0 saturated carbocycles. The van der Waals surface area contributed by atoms with Crippen molar-refractivity contribution in [2.75, 3.05) is 38.1 Å². The molecule has 0 N–H and O–H groups in total. The Morgan fingerprint density at radius 3 is 2.64 bits per heavy atom. The molecule has 0 amide bonds. The molecule has 4 heteroatoms. The molecule has 1 fully saturated rings. The maximum atomic E-state index is 9.15. The first-order chi connectivity index (χ1) is 10.7. The smallest absolute Gasteiger partial charge is 0.133 e. The van der Waals surface area contributed by atoms with Crippen LogP contribution in [0.15, 0.2) is 24.3 Å². The predicted molar refractivity (Wildman–Crippen MR) is 90.1 cm³/mol. The van der Waals surface area contributed by atoms with Gasteiger partial charge in [0.25, 0.3) is 0 Å². The first-order valence-electron chi connectivity index (χ1n) is 7.94. The fraction of sp³-hybridized carbons (Fsp3) is 0.444. The van der Waals surface area contributed by atoms with E-state index in [1.54, 1.807) is 0 Å². The summed E-state index contributed by atoms with van der Waals surface area (Å²) in [5.41, 5.74) is 3.38. The van der Waals surface area contributed by atoms with Gasteiger partial charge in [-0.3, -0.25) is 0 Å². The number of hydrogen-bond donors (Lipinski definition) is 0. The van der Waals surface area contributed by atoms with E-state index in [0.717, 1.165) is 54.9 Å². The normalized spacial score (nSPS) is 16.0. The molecule has 1 aromatic heterocycles. The molecule has 0 unspecified atom stereocenters. The number of fused-ring (bicyclic) bond motifs is 1. The molecule has 1 aromatic carbocycles. The van der Waals surface area contributed by atoms with Gasteiger partial charge in [0, 0.05) is 37.1 Å². The zero-order valence-corrected chi connectivity index (χ0v) is 13.3. The van der Waals surface area contributed by atoms with E-state index >= 15 is 0 Å². The predicted octanol–water partition coefficient (Wildman–Crippen LogP) is 2.62. The van der Waals surface area contributed by atoms with Gasteiger partial charge >= 0.3 is 0 Å². The first-order valence-corrected chi connectivity index (χ1v) is 7.94. The van der Waals surface area contributed by atoms with Crippen LogP contribution in [0.5, 0.6) is 0 Å². The molecule has 0 radical (unpaired) electrons.